The molecule has 0 spiro atoms. The second-order valence-electron chi connectivity index (χ2n) is 11.4. The monoisotopic (exact) mass is 570 g/mol. The first-order valence-electron chi connectivity index (χ1n) is 14.4. The maximum Gasteiger partial charge on any atom is 0.251 e. The van der Waals surface area contributed by atoms with Crippen molar-refractivity contribution in [3.63, 3.8) is 0 Å². The fourth-order valence-corrected chi connectivity index (χ4v) is 5.42. The predicted molar refractivity (Wildman–Crippen MR) is 162 cm³/mol. The minimum absolute atomic E-state index is 0.0391. The van der Waals surface area contributed by atoms with Crippen LogP contribution in [-0.4, -0.2) is 58.7 Å². The van der Waals surface area contributed by atoms with Gasteiger partial charge in [0, 0.05) is 31.7 Å². The summed E-state index contributed by atoms with van der Waals surface area (Å²) >= 11 is 0. The number of fused-ring (bicyclic) bond motifs is 4. The van der Waals surface area contributed by atoms with Gasteiger partial charge in [-0.05, 0) is 79.3 Å². The molecule has 0 fully saturated rings. The summed E-state index contributed by atoms with van der Waals surface area (Å²) in [4.78, 5) is 26.4. The fraction of sp³-hybridized carbons (Fsp3) is 0.548. The number of sulfonamides is 1. The van der Waals surface area contributed by atoms with E-state index in [4.69, 9.17) is 0 Å². The summed E-state index contributed by atoms with van der Waals surface area (Å²) in [5, 5.41) is 9.55. The van der Waals surface area contributed by atoms with E-state index in [-0.39, 0.29) is 23.9 Å². The number of carbonyl (C=O) groups is 2. The summed E-state index contributed by atoms with van der Waals surface area (Å²) in [5.41, 5.74) is 4.25. The topological polar surface area (TPSA) is 108 Å². The number of aryl methyl sites for hydroxylation is 2. The first-order chi connectivity index (χ1) is 19.0. The van der Waals surface area contributed by atoms with Gasteiger partial charge in [0.2, 0.25) is 15.9 Å². The van der Waals surface area contributed by atoms with E-state index in [2.05, 4.69) is 54.1 Å². The first kappa shape index (κ1) is 31.6. The Hall–Kier alpha value is -2.91. The first-order valence-corrected chi connectivity index (χ1v) is 16.3. The average Bonchev–Trinajstić information content (AvgIpc) is 2.90. The highest BCUT2D eigenvalue weighted by molar-refractivity contribution is 7.92. The van der Waals surface area contributed by atoms with Gasteiger partial charge in [-0.3, -0.25) is 13.9 Å². The highest BCUT2D eigenvalue weighted by atomic mass is 32.2. The van der Waals surface area contributed by atoms with E-state index < -0.39 is 10.0 Å². The molecule has 1 heterocycles. The third kappa shape index (κ3) is 9.63. The number of rotatable bonds is 9. The Bertz CT molecular complexity index is 1260. The van der Waals surface area contributed by atoms with Gasteiger partial charge in [-0.2, -0.15) is 0 Å². The Labute approximate surface area is 240 Å². The van der Waals surface area contributed by atoms with Crippen LogP contribution in [0.5, 0.6) is 0 Å². The zero-order valence-corrected chi connectivity index (χ0v) is 25.4. The lowest BCUT2D eigenvalue weighted by Crippen LogP contribution is -2.50. The average molecular weight is 571 g/mol. The summed E-state index contributed by atoms with van der Waals surface area (Å²) in [6, 6.07) is 13.2. The van der Waals surface area contributed by atoms with Gasteiger partial charge in [0.25, 0.3) is 5.91 Å². The zero-order valence-electron chi connectivity index (χ0n) is 24.6. The van der Waals surface area contributed by atoms with Gasteiger partial charge in [0.15, 0.2) is 0 Å². The summed E-state index contributed by atoms with van der Waals surface area (Å²) in [6.07, 6.45) is 7.20. The molecule has 1 aliphatic heterocycles. The van der Waals surface area contributed by atoms with Gasteiger partial charge in [-0.25, -0.2) is 8.42 Å². The van der Waals surface area contributed by atoms with Crippen molar-refractivity contribution < 1.29 is 18.0 Å². The molecule has 3 N–H and O–H groups in total. The summed E-state index contributed by atoms with van der Waals surface area (Å²) in [5.74, 6) is 0.0576. The molecule has 2 aromatic carbocycles. The fourth-order valence-electron chi connectivity index (χ4n) is 4.93. The Balaban J connectivity index is 1.90. The van der Waals surface area contributed by atoms with Crippen LogP contribution in [-0.2, 0) is 34.1 Å². The van der Waals surface area contributed by atoms with Crippen molar-refractivity contribution in [2.75, 3.05) is 30.7 Å². The lowest BCUT2D eigenvalue weighted by Gasteiger charge is -2.24. The van der Waals surface area contributed by atoms with Crippen LogP contribution in [0.4, 0.5) is 5.69 Å². The lowest BCUT2D eigenvalue weighted by atomic mass is 9.99. The Kier molecular flexibility index (Phi) is 11.6. The number of amides is 2. The normalized spacial score (nSPS) is 17.4. The van der Waals surface area contributed by atoms with Crippen LogP contribution in [0.3, 0.4) is 0 Å². The number of benzene rings is 2. The van der Waals surface area contributed by atoms with E-state index in [1.54, 1.807) is 6.07 Å². The Morgan fingerprint density at radius 1 is 1.05 bits per heavy atom. The molecule has 2 atom stereocenters. The number of hydrogen-bond donors (Lipinski definition) is 3. The van der Waals surface area contributed by atoms with Gasteiger partial charge >= 0.3 is 0 Å². The maximum atomic E-state index is 13.6. The Morgan fingerprint density at radius 3 is 2.42 bits per heavy atom. The van der Waals surface area contributed by atoms with Crippen molar-refractivity contribution in [2.24, 2.45) is 5.92 Å². The molecule has 2 aromatic rings. The number of nitrogens with zero attached hydrogens (tertiary/aromatic N) is 1. The minimum atomic E-state index is -3.48. The molecule has 9 heteroatoms. The van der Waals surface area contributed by atoms with Crippen LogP contribution in [0.2, 0.25) is 0 Å². The molecule has 3 rings (SSSR count). The molecular formula is C31H46N4O4S. The molecule has 1 aliphatic rings. The SMILES string of the molecule is CC[C@H](NCC1Cc2cccc(c2)CCCCCc2cc(cc(N(C)S(C)(=O)=O)c2)C(=O)N1)C(=O)NCC(C)C. The van der Waals surface area contributed by atoms with Crippen molar-refractivity contribution in [3.05, 3.63) is 64.7 Å². The third-order valence-electron chi connectivity index (χ3n) is 7.36. The molecule has 0 saturated heterocycles. The van der Waals surface area contributed by atoms with Gasteiger partial charge in [0.05, 0.1) is 18.0 Å². The molecule has 0 aliphatic carbocycles. The standard InChI is InChI=1S/C31H46N4O4S/c1-6-29(31(37)33-20-22(2)3)32-21-27-17-24-14-10-13-23(15-24)11-8-7-9-12-25-16-26(30(36)34-27)19-28(18-25)35(4)40(5,38)39/h10,13-16,18-19,22,27,29,32H,6-9,11-12,17,20-21H2,1-5H3,(H,33,37)(H,34,36)/t27?,29-/m0/s1. The van der Waals surface area contributed by atoms with Crippen molar-refractivity contribution >= 4 is 27.5 Å². The van der Waals surface area contributed by atoms with E-state index >= 15 is 0 Å². The van der Waals surface area contributed by atoms with Gasteiger partial charge in [-0.15, -0.1) is 0 Å². The van der Waals surface area contributed by atoms with Crippen LogP contribution in [0.25, 0.3) is 0 Å². The van der Waals surface area contributed by atoms with E-state index in [1.165, 1.54) is 16.9 Å². The van der Waals surface area contributed by atoms with Crippen molar-refractivity contribution in [2.45, 2.75) is 77.8 Å². The van der Waals surface area contributed by atoms with Gasteiger partial charge < -0.3 is 16.0 Å². The second-order valence-corrected chi connectivity index (χ2v) is 13.4. The number of nitrogens with one attached hydrogen (secondary N) is 3. The maximum absolute atomic E-state index is 13.6. The summed E-state index contributed by atoms with van der Waals surface area (Å²) < 4.78 is 25.8. The molecular weight excluding hydrogens is 524 g/mol. The number of hydrogen-bond acceptors (Lipinski definition) is 5. The van der Waals surface area contributed by atoms with Crippen LogP contribution < -0.4 is 20.3 Å². The highest BCUT2D eigenvalue weighted by Gasteiger charge is 2.22. The zero-order chi connectivity index (χ0) is 29.3. The highest BCUT2D eigenvalue weighted by Crippen LogP contribution is 2.23. The predicted octanol–water partition coefficient (Wildman–Crippen LogP) is 3.83. The Morgan fingerprint density at radius 2 is 1.75 bits per heavy atom. The van der Waals surface area contributed by atoms with E-state index in [0.29, 0.717) is 43.1 Å². The smallest absolute Gasteiger partial charge is 0.251 e. The molecule has 2 amide bonds. The molecule has 0 aromatic heterocycles. The molecule has 4 bridgehead atoms. The van der Waals surface area contributed by atoms with Crippen LogP contribution in [0.1, 0.15) is 73.5 Å². The van der Waals surface area contributed by atoms with Crippen molar-refractivity contribution in [1.82, 2.24) is 16.0 Å². The molecule has 220 valence electrons. The lowest BCUT2D eigenvalue weighted by molar-refractivity contribution is -0.123. The van der Waals surface area contributed by atoms with Crippen LogP contribution in [0.15, 0.2) is 42.5 Å². The minimum Gasteiger partial charge on any atom is -0.354 e. The summed E-state index contributed by atoms with van der Waals surface area (Å²) in [7, 11) is -1.98. The second kappa shape index (κ2) is 14.6. The van der Waals surface area contributed by atoms with Gasteiger partial charge in [-0.1, -0.05) is 51.5 Å². The molecule has 0 radical (unpaired) electrons. The van der Waals surface area contributed by atoms with Crippen molar-refractivity contribution in [1.29, 1.82) is 0 Å². The van der Waals surface area contributed by atoms with E-state index in [0.717, 1.165) is 49.5 Å². The van der Waals surface area contributed by atoms with E-state index in [9.17, 15) is 18.0 Å². The third-order valence-corrected chi connectivity index (χ3v) is 8.57. The number of carbonyl (C=O) groups excluding carboxylic acids is 2. The molecule has 0 saturated carbocycles. The largest absolute Gasteiger partial charge is 0.354 e. The number of anilines is 1. The summed E-state index contributed by atoms with van der Waals surface area (Å²) in [6.45, 7) is 7.12. The van der Waals surface area contributed by atoms with Crippen LogP contribution >= 0.6 is 0 Å². The molecule has 1 unspecified atom stereocenters. The van der Waals surface area contributed by atoms with Crippen molar-refractivity contribution in [3.8, 4) is 0 Å². The van der Waals surface area contributed by atoms with E-state index in [1.807, 2.05) is 19.1 Å². The van der Waals surface area contributed by atoms with Crippen LogP contribution in [0, 0.1) is 5.92 Å². The van der Waals surface area contributed by atoms with Gasteiger partial charge in [0.1, 0.15) is 0 Å². The molecule has 8 nitrogen and oxygen atoms in total. The quantitative estimate of drug-likeness (QED) is 0.425. The molecule has 40 heavy (non-hydrogen) atoms.